The molecular weight excluding hydrogens is 224 g/mol. The van der Waals surface area contributed by atoms with Gasteiger partial charge < -0.3 is 5.11 Å². The summed E-state index contributed by atoms with van der Waals surface area (Å²) >= 11 is 0. The lowest BCUT2D eigenvalue weighted by molar-refractivity contribution is -0.134. The second-order valence-corrected chi connectivity index (χ2v) is 4.66. The van der Waals surface area contributed by atoms with E-state index in [4.69, 9.17) is 9.90 Å². The Morgan fingerprint density at radius 3 is 1.78 bits per heavy atom. The van der Waals surface area contributed by atoms with Gasteiger partial charge in [-0.15, -0.1) is 0 Å². The van der Waals surface area contributed by atoms with Crippen LogP contribution in [-0.2, 0) is 4.79 Å². The molecule has 0 heterocycles. The molecule has 0 radical (unpaired) electrons. The van der Waals surface area contributed by atoms with Gasteiger partial charge >= 0.3 is 0 Å². The number of hydrogen-bond donors (Lipinski definition) is 1. The summed E-state index contributed by atoms with van der Waals surface area (Å²) in [5.41, 5.74) is 0. The summed E-state index contributed by atoms with van der Waals surface area (Å²) in [5.74, 6) is -0.833. The van der Waals surface area contributed by atoms with Crippen molar-refractivity contribution < 1.29 is 9.90 Å². The van der Waals surface area contributed by atoms with E-state index >= 15 is 0 Å². The second kappa shape index (κ2) is 18.6. The molecule has 2 nitrogen and oxygen atoms in total. The summed E-state index contributed by atoms with van der Waals surface area (Å²) in [6.07, 6.45) is 18.5. The van der Waals surface area contributed by atoms with Crippen LogP contribution in [-0.4, -0.2) is 11.1 Å². The first kappa shape index (κ1) is 19.5. The first-order chi connectivity index (χ1) is 8.65. The quantitative estimate of drug-likeness (QED) is 0.409. The average Bonchev–Trinajstić information content (AvgIpc) is 2.31. The summed E-state index contributed by atoms with van der Waals surface area (Å²) in [7, 11) is 0. The van der Waals surface area contributed by atoms with E-state index in [-0.39, 0.29) is 0 Å². The Hall–Kier alpha value is -0.790. The van der Waals surface area contributed by atoms with E-state index < -0.39 is 5.97 Å². The Morgan fingerprint density at radius 1 is 0.889 bits per heavy atom. The van der Waals surface area contributed by atoms with Crippen LogP contribution in [0.25, 0.3) is 0 Å². The number of aliphatic carboxylic acids is 1. The predicted octanol–water partition coefficient (Wildman–Crippen LogP) is 5.57. The minimum Gasteiger partial charge on any atom is -0.481 e. The van der Waals surface area contributed by atoms with Crippen LogP contribution in [0.1, 0.15) is 85.0 Å². The van der Waals surface area contributed by atoms with Crippen molar-refractivity contribution in [2.75, 3.05) is 0 Å². The lowest BCUT2D eigenvalue weighted by Gasteiger charge is -1.99. The molecule has 1 N–H and O–H groups in total. The zero-order valence-corrected chi connectivity index (χ0v) is 12.6. The number of allylic oxidation sites excluding steroid dienone is 2. The standard InChI is InChI=1S/C14H28.C2H4O2/c1-3-5-7-9-11-13-14-12-10-8-6-4-2;1-2(3)4/h5,7H,3-4,6,8-14H2,1-2H3;1H3,(H,3,4). The molecule has 0 aromatic rings. The van der Waals surface area contributed by atoms with E-state index in [1.807, 2.05) is 0 Å². The molecule has 18 heavy (non-hydrogen) atoms. The van der Waals surface area contributed by atoms with Crippen LogP contribution in [0.15, 0.2) is 12.2 Å². The van der Waals surface area contributed by atoms with Gasteiger partial charge in [-0.05, 0) is 19.3 Å². The van der Waals surface area contributed by atoms with E-state index in [1.165, 1.54) is 64.2 Å². The summed E-state index contributed by atoms with van der Waals surface area (Å²) in [6.45, 7) is 5.56. The molecule has 0 bridgehead atoms. The average molecular weight is 256 g/mol. The molecule has 0 fully saturated rings. The highest BCUT2D eigenvalue weighted by atomic mass is 16.4. The molecule has 0 atom stereocenters. The largest absolute Gasteiger partial charge is 0.481 e. The van der Waals surface area contributed by atoms with E-state index in [1.54, 1.807) is 0 Å². The summed E-state index contributed by atoms with van der Waals surface area (Å²) in [6, 6.07) is 0. The monoisotopic (exact) mass is 256 g/mol. The highest BCUT2D eigenvalue weighted by molar-refractivity contribution is 5.62. The maximum Gasteiger partial charge on any atom is 0.300 e. The molecule has 0 aliphatic heterocycles. The minimum atomic E-state index is -0.833. The van der Waals surface area contributed by atoms with Crippen molar-refractivity contribution in [1.29, 1.82) is 0 Å². The molecule has 0 aromatic carbocycles. The smallest absolute Gasteiger partial charge is 0.300 e. The normalized spacial score (nSPS) is 10.2. The highest BCUT2D eigenvalue weighted by Gasteiger charge is 1.89. The fraction of sp³-hybridized carbons (Fsp3) is 0.812. The van der Waals surface area contributed by atoms with Gasteiger partial charge in [0.25, 0.3) is 5.97 Å². The number of rotatable bonds is 10. The predicted molar refractivity (Wildman–Crippen MR) is 80.0 cm³/mol. The molecule has 0 rings (SSSR count). The van der Waals surface area contributed by atoms with E-state index in [0.717, 1.165) is 6.92 Å². The van der Waals surface area contributed by atoms with Crippen LogP contribution >= 0.6 is 0 Å². The number of hydrogen-bond acceptors (Lipinski definition) is 1. The lowest BCUT2D eigenvalue weighted by atomic mass is 10.1. The van der Waals surface area contributed by atoms with Crippen molar-refractivity contribution in [2.24, 2.45) is 0 Å². The van der Waals surface area contributed by atoms with Crippen LogP contribution in [0.5, 0.6) is 0 Å². The Kier molecular flexibility index (Phi) is 20.2. The van der Waals surface area contributed by atoms with Crippen molar-refractivity contribution in [3.05, 3.63) is 12.2 Å². The summed E-state index contributed by atoms with van der Waals surface area (Å²) in [4.78, 5) is 9.00. The molecule has 0 aliphatic rings. The zero-order chi connectivity index (χ0) is 14.1. The van der Waals surface area contributed by atoms with Crippen LogP contribution in [0.4, 0.5) is 0 Å². The Bertz CT molecular complexity index is 182. The van der Waals surface area contributed by atoms with Gasteiger partial charge in [0.2, 0.25) is 0 Å². The first-order valence-electron chi connectivity index (χ1n) is 7.49. The number of carboxylic acids is 1. The van der Waals surface area contributed by atoms with Gasteiger partial charge in [0.15, 0.2) is 0 Å². The van der Waals surface area contributed by atoms with Crippen molar-refractivity contribution in [1.82, 2.24) is 0 Å². The van der Waals surface area contributed by atoms with E-state index in [2.05, 4.69) is 26.0 Å². The van der Waals surface area contributed by atoms with Gasteiger partial charge in [-0.25, -0.2) is 0 Å². The fourth-order valence-electron chi connectivity index (χ4n) is 1.68. The molecular formula is C16H32O2. The van der Waals surface area contributed by atoms with Crippen molar-refractivity contribution in [3.8, 4) is 0 Å². The van der Waals surface area contributed by atoms with Crippen molar-refractivity contribution >= 4 is 5.97 Å². The van der Waals surface area contributed by atoms with Crippen molar-refractivity contribution in [3.63, 3.8) is 0 Å². The summed E-state index contributed by atoms with van der Waals surface area (Å²) in [5, 5.41) is 7.42. The van der Waals surface area contributed by atoms with Crippen LogP contribution < -0.4 is 0 Å². The number of carboxylic acid groups (broad SMARTS) is 1. The minimum absolute atomic E-state index is 0.833. The second-order valence-electron chi connectivity index (χ2n) is 4.66. The maximum absolute atomic E-state index is 9.00. The summed E-state index contributed by atoms with van der Waals surface area (Å²) < 4.78 is 0. The zero-order valence-electron chi connectivity index (χ0n) is 12.6. The third-order valence-electron chi connectivity index (χ3n) is 2.63. The number of carbonyl (C=O) groups is 1. The number of unbranched alkanes of at least 4 members (excludes halogenated alkanes) is 8. The van der Waals surface area contributed by atoms with Gasteiger partial charge in [-0.1, -0.05) is 70.9 Å². The molecule has 0 amide bonds. The van der Waals surface area contributed by atoms with Gasteiger partial charge in [-0.3, -0.25) is 4.79 Å². The Labute approximate surface area is 113 Å². The third-order valence-corrected chi connectivity index (χ3v) is 2.63. The molecule has 0 spiro atoms. The Morgan fingerprint density at radius 2 is 1.33 bits per heavy atom. The fourth-order valence-corrected chi connectivity index (χ4v) is 1.68. The first-order valence-corrected chi connectivity index (χ1v) is 7.49. The molecule has 2 heteroatoms. The van der Waals surface area contributed by atoms with Gasteiger partial charge in [0.1, 0.15) is 0 Å². The molecule has 0 saturated carbocycles. The van der Waals surface area contributed by atoms with Crippen LogP contribution in [0.3, 0.4) is 0 Å². The van der Waals surface area contributed by atoms with Crippen LogP contribution in [0.2, 0.25) is 0 Å². The SMILES string of the molecule is CC(=O)O.CCC=CCCCCCCCCCC. The molecule has 0 aromatic heterocycles. The molecule has 108 valence electrons. The van der Waals surface area contributed by atoms with Crippen LogP contribution in [0, 0.1) is 0 Å². The Balaban J connectivity index is 0. The molecule has 0 unspecified atom stereocenters. The van der Waals surface area contributed by atoms with Gasteiger partial charge in [-0.2, -0.15) is 0 Å². The highest BCUT2D eigenvalue weighted by Crippen LogP contribution is 2.09. The van der Waals surface area contributed by atoms with E-state index in [9.17, 15) is 0 Å². The van der Waals surface area contributed by atoms with Gasteiger partial charge in [0.05, 0.1) is 0 Å². The van der Waals surface area contributed by atoms with Gasteiger partial charge in [0, 0.05) is 6.92 Å². The molecule has 0 saturated heterocycles. The van der Waals surface area contributed by atoms with Crippen molar-refractivity contribution in [2.45, 2.75) is 85.0 Å². The topological polar surface area (TPSA) is 37.3 Å². The van der Waals surface area contributed by atoms with E-state index in [0.29, 0.717) is 0 Å². The third kappa shape index (κ3) is 29.5. The molecule has 0 aliphatic carbocycles. The lowest BCUT2D eigenvalue weighted by Crippen LogP contribution is -1.79. The maximum atomic E-state index is 9.00.